The molecule has 0 spiro atoms. The number of rotatable bonds is 11. The van der Waals surface area contributed by atoms with Crippen LogP contribution in [-0.4, -0.2) is 50.6 Å². The smallest absolute Gasteiger partial charge is 0.305 e. The summed E-state index contributed by atoms with van der Waals surface area (Å²) in [5, 5.41) is 6.74. The van der Waals surface area contributed by atoms with Gasteiger partial charge in [0.05, 0.1) is 7.11 Å². The fourth-order valence-electron chi connectivity index (χ4n) is 3.60. The van der Waals surface area contributed by atoms with E-state index in [0.29, 0.717) is 6.42 Å². The average Bonchev–Trinajstić information content (AvgIpc) is 2.76. The first-order chi connectivity index (χ1) is 14.2. The lowest BCUT2D eigenvalue weighted by molar-refractivity contribution is -0.140. The number of aliphatic imine (C=N–C) groups is 1. The van der Waals surface area contributed by atoms with E-state index >= 15 is 0 Å². The number of hydrogen-bond donors (Lipinski definition) is 2. The number of methoxy groups -OCH3 is 1. The normalized spacial score (nSPS) is 15.2. The molecule has 6 nitrogen and oxygen atoms in total. The van der Waals surface area contributed by atoms with Crippen LogP contribution in [0.25, 0.3) is 0 Å². The van der Waals surface area contributed by atoms with Crippen molar-refractivity contribution in [2.45, 2.75) is 64.5 Å². The van der Waals surface area contributed by atoms with Gasteiger partial charge in [-0.05, 0) is 49.9 Å². The Hall–Kier alpha value is -2.08. The summed E-state index contributed by atoms with van der Waals surface area (Å²) in [6.45, 7) is 5.18. The van der Waals surface area contributed by atoms with Crippen LogP contribution in [0.2, 0.25) is 0 Å². The third-order valence-corrected chi connectivity index (χ3v) is 5.39. The van der Waals surface area contributed by atoms with Gasteiger partial charge in [-0.2, -0.15) is 0 Å². The van der Waals surface area contributed by atoms with Gasteiger partial charge in [-0.15, -0.1) is 0 Å². The van der Waals surface area contributed by atoms with Crippen LogP contribution < -0.4 is 10.6 Å². The number of guanidine groups is 1. The number of nitrogens with one attached hydrogen (secondary N) is 2. The van der Waals surface area contributed by atoms with Gasteiger partial charge in [-0.3, -0.25) is 14.7 Å². The largest absolute Gasteiger partial charge is 0.469 e. The number of hydrogen-bond acceptors (Lipinski definition) is 4. The molecule has 2 rings (SSSR count). The molecule has 0 unspecified atom stereocenters. The third-order valence-electron chi connectivity index (χ3n) is 5.39. The maximum Gasteiger partial charge on any atom is 0.305 e. The molecule has 0 saturated carbocycles. The molecule has 2 N–H and O–H groups in total. The predicted molar refractivity (Wildman–Crippen MR) is 119 cm³/mol. The highest BCUT2D eigenvalue weighted by molar-refractivity contribution is 5.79. The fourth-order valence-corrected chi connectivity index (χ4v) is 3.60. The van der Waals surface area contributed by atoms with Gasteiger partial charge in [-0.25, -0.2) is 0 Å². The summed E-state index contributed by atoms with van der Waals surface area (Å²) in [7, 11) is 3.24. The lowest BCUT2D eigenvalue weighted by atomic mass is 10.1. The molecule has 0 aliphatic carbocycles. The van der Waals surface area contributed by atoms with Gasteiger partial charge in [0.15, 0.2) is 5.96 Å². The molecule has 29 heavy (non-hydrogen) atoms. The van der Waals surface area contributed by atoms with Crippen LogP contribution in [0.15, 0.2) is 29.3 Å². The number of nitrogens with zero attached hydrogens (tertiary/aromatic N) is 2. The number of likely N-dealkylation sites (tertiary alicyclic amines) is 1. The van der Waals surface area contributed by atoms with Crippen molar-refractivity contribution in [2.24, 2.45) is 4.99 Å². The van der Waals surface area contributed by atoms with Crippen LogP contribution in [0.5, 0.6) is 0 Å². The molecule has 162 valence electrons. The molecule has 0 bridgehead atoms. The van der Waals surface area contributed by atoms with Crippen molar-refractivity contribution in [3.63, 3.8) is 0 Å². The molecule has 1 aromatic carbocycles. The SMILES string of the molecule is CN=C(NCCCCCCC(=O)OC)NCc1ccc(CN2CCCCC2)cc1. The zero-order chi connectivity index (χ0) is 20.7. The summed E-state index contributed by atoms with van der Waals surface area (Å²) in [4.78, 5) is 17.9. The van der Waals surface area contributed by atoms with E-state index in [2.05, 4.69) is 49.5 Å². The Morgan fingerprint density at radius 2 is 1.69 bits per heavy atom. The maximum atomic E-state index is 11.1. The second-order valence-electron chi connectivity index (χ2n) is 7.75. The van der Waals surface area contributed by atoms with Crippen LogP contribution in [-0.2, 0) is 22.6 Å². The highest BCUT2D eigenvalue weighted by atomic mass is 16.5. The van der Waals surface area contributed by atoms with Crippen molar-refractivity contribution in [1.82, 2.24) is 15.5 Å². The summed E-state index contributed by atoms with van der Waals surface area (Å²) in [5.74, 6) is 0.712. The minimum Gasteiger partial charge on any atom is -0.469 e. The monoisotopic (exact) mass is 402 g/mol. The van der Waals surface area contributed by atoms with Crippen molar-refractivity contribution in [1.29, 1.82) is 0 Å². The number of benzene rings is 1. The first-order valence-electron chi connectivity index (χ1n) is 11.0. The highest BCUT2D eigenvalue weighted by Crippen LogP contribution is 2.13. The summed E-state index contributed by atoms with van der Waals surface area (Å²) < 4.78 is 4.65. The van der Waals surface area contributed by atoms with E-state index in [0.717, 1.165) is 51.3 Å². The zero-order valence-electron chi connectivity index (χ0n) is 18.2. The molecular weight excluding hydrogens is 364 g/mol. The van der Waals surface area contributed by atoms with Gasteiger partial charge < -0.3 is 15.4 Å². The molecular formula is C23H38N4O2. The molecule has 1 aliphatic rings. The molecule has 1 aliphatic heterocycles. The van der Waals surface area contributed by atoms with Crippen molar-refractivity contribution in [2.75, 3.05) is 33.8 Å². The molecule has 1 fully saturated rings. The Labute approximate surface area is 176 Å². The van der Waals surface area contributed by atoms with Crippen molar-refractivity contribution < 1.29 is 9.53 Å². The molecule has 1 aromatic rings. The Balaban J connectivity index is 1.59. The number of unbranched alkanes of at least 4 members (excludes halogenated alkanes) is 3. The van der Waals surface area contributed by atoms with Gasteiger partial charge in [0, 0.05) is 33.1 Å². The summed E-state index contributed by atoms with van der Waals surface area (Å²) >= 11 is 0. The molecule has 6 heteroatoms. The van der Waals surface area contributed by atoms with E-state index in [-0.39, 0.29) is 5.97 Å². The summed E-state index contributed by atoms with van der Waals surface area (Å²) in [5.41, 5.74) is 2.66. The molecule has 1 saturated heterocycles. The van der Waals surface area contributed by atoms with Crippen LogP contribution in [0, 0.1) is 0 Å². The van der Waals surface area contributed by atoms with E-state index in [9.17, 15) is 4.79 Å². The third kappa shape index (κ3) is 9.79. The number of carbonyl (C=O) groups is 1. The van der Waals surface area contributed by atoms with Crippen molar-refractivity contribution in [3.05, 3.63) is 35.4 Å². The van der Waals surface area contributed by atoms with Crippen LogP contribution in [0.1, 0.15) is 62.5 Å². The summed E-state index contributed by atoms with van der Waals surface area (Å²) in [6.07, 6.45) is 8.67. The number of carbonyl (C=O) groups excluding carboxylic acids is 1. The molecule has 0 radical (unpaired) electrons. The van der Waals surface area contributed by atoms with Gasteiger partial charge in [-0.1, -0.05) is 43.5 Å². The second kappa shape index (κ2) is 14.0. The number of piperidine rings is 1. The zero-order valence-corrected chi connectivity index (χ0v) is 18.2. The van der Waals surface area contributed by atoms with Gasteiger partial charge >= 0.3 is 5.97 Å². The molecule has 0 aromatic heterocycles. The van der Waals surface area contributed by atoms with Crippen LogP contribution >= 0.6 is 0 Å². The molecule has 0 amide bonds. The lowest BCUT2D eigenvalue weighted by Crippen LogP contribution is -2.37. The fraction of sp³-hybridized carbons (Fsp3) is 0.652. The minimum absolute atomic E-state index is 0.118. The minimum atomic E-state index is -0.118. The molecule has 0 atom stereocenters. The average molecular weight is 403 g/mol. The van der Waals surface area contributed by atoms with E-state index in [1.54, 1.807) is 7.05 Å². The number of ether oxygens (including phenoxy) is 1. The lowest BCUT2D eigenvalue weighted by Gasteiger charge is -2.26. The van der Waals surface area contributed by atoms with E-state index in [1.165, 1.54) is 50.6 Å². The predicted octanol–water partition coefficient (Wildman–Crippen LogP) is 3.46. The van der Waals surface area contributed by atoms with Crippen molar-refractivity contribution in [3.8, 4) is 0 Å². The van der Waals surface area contributed by atoms with E-state index in [4.69, 9.17) is 0 Å². The van der Waals surface area contributed by atoms with Gasteiger partial charge in [0.2, 0.25) is 0 Å². The Kier molecular flexibility index (Phi) is 11.2. The Morgan fingerprint density at radius 3 is 2.38 bits per heavy atom. The first kappa shape index (κ1) is 23.2. The second-order valence-corrected chi connectivity index (χ2v) is 7.75. The highest BCUT2D eigenvalue weighted by Gasteiger charge is 2.10. The van der Waals surface area contributed by atoms with Gasteiger partial charge in [0.25, 0.3) is 0 Å². The van der Waals surface area contributed by atoms with Crippen LogP contribution in [0.3, 0.4) is 0 Å². The van der Waals surface area contributed by atoms with Crippen LogP contribution in [0.4, 0.5) is 0 Å². The summed E-state index contributed by atoms with van der Waals surface area (Å²) in [6, 6.07) is 8.91. The quantitative estimate of drug-likeness (QED) is 0.257. The maximum absolute atomic E-state index is 11.1. The number of esters is 1. The Morgan fingerprint density at radius 1 is 1.00 bits per heavy atom. The van der Waals surface area contributed by atoms with Gasteiger partial charge in [0.1, 0.15) is 0 Å². The standard InChI is InChI=1S/C23H38N4O2/c1-24-23(25-15-7-4-3-6-10-22(28)29-2)26-18-20-11-13-21(14-12-20)19-27-16-8-5-9-17-27/h11-14H,3-10,15-19H2,1-2H3,(H2,24,25,26). The van der Waals surface area contributed by atoms with E-state index < -0.39 is 0 Å². The Bertz CT molecular complexity index is 610. The topological polar surface area (TPSA) is 66.0 Å². The first-order valence-corrected chi connectivity index (χ1v) is 11.0. The van der Waals surface area contributed by atoms with E-state index in [1.807, 2.05) is 0 Å². The molecule has 1 heterocycles. The van der Waals surface area contributed by atoms with Crippen molar-refractivity contribution >= 4 is 11.9 Å².